The van der Waals surface area contributed by atoms with Crippen LogP contribution in [0.2, 0.25) is 0 Å². The van der Waals surface area contributed by atoms with Gasteiger partial charge in [-0.1, -0.05) is 6.07 Å². The third-order valence-corrected chi connectivity index (χ3v) is 1.85. The maximum atomic E-state index is 12.0. The van der Waals surface area contributed by atoms with Crippen molar-refractivity contribution in [3.63, 3.8) is 0 Å². The summed E-state index contributed by atoms with van der Waals surface area (Å²) in [5.41, 5.74) is -0.0320. The van der Waals surface area contributed by atoms with Crippen LogP contribution in [0.5, 0.6) is 11.5 Å². The Morgan fingerprint density at radius 1 is 1.28 bits per heavy atom. The highest BCUT2D eigenvalue weighted by Gasteiger charge is 2.29. The summed E-state index contributed by atoms with van der Waals surface area (Å²) < 4.78 is 46.1. The summed E-state index contributed by atoms with van der Waals surface area (Å²) in [5, 5.41) is 8.95. The predicted molar refractivity (Wildman–Crippen MR) is 58.5 cm³/mol. The third-order valence-electron chi connectivity index (χ3n) is 1.85. The van der Waals surface area contributed by atoms with E-state index in [1.54, 1.807) is 19.9 Å². The molecular formula is C12H12F3NO2. The molecule has 0 saturated heterocycles. The molecule has 0 fully saturated rings. The molecule has 0 bridgehead atoms. The molecule has 1 aromatic rings. The van der Waals surface area contributed by atoms with Gasteiger partial charge in [-0.25, -0.2) is 0 Å². The van der Waals surface area contributed by atoms with E-state index in [0.717, 1.165) is 0 Å². The van der Waals surface area contributed by atoms with Crippen LogP contribution in [-0.2, 0) is 0 Å². The van der Waals surface area contributed by atoms with Gasteiger partial charge in [0.15, 0.2) is 6.61 Å². The lowest BCUT2D eigenvalue weighted by molar-refractivity contribution is -0.153. The molecule has 1 rings (SSSR count). The number of hydrogen-bond donors (Lipinski definition) is 0. The monoisotopic (exact) mass is 259 g/mol. The molecule has 0 saturated carbocycles. The molecule has 0 aliphatic rings. The number of alkyl halides is 3. The lowest BCUT2D eigenvalue weighted by atomic mass is 10.2. The number of nitrogens with zero attached hydrogens (tertiary/aromatic N) is 1. The van der Waals surface area contributed by atoms with Gasteiger partial charge in [0.2, 0.25) is 0 Å². The molecule has 6 heteroatoms. The molecule has 0 radical (unpaired) electrons. The van der Waals surface area contributed by atoms with Crippen LogP contribution in [0.3, 0.4) is 0 Å². The van der Waals surface area contributed by atoms with Crippen LogP contribution in [0.4, 0.5) is 13.2 Å². The largest absolute Gasteiger partial charge is 0.489 e. The number of nitriles is 1. The van der Waals surface area contributed by atoms with Crippen LogP contribution in [0.25, 0.3) is 0 Å². The van der Waals surface area contributed by atoms with Crippen LogP contribution < -0.4 is 9.47 Å². The molecule has 18 heavy (non-hydrogen) atoms. The van der Waals surface area contributed by atoms with Crippen molar-refractivity contribution in [1.82, 2.24) is 0 Å². The first kappa shape index (κ1) is 14.2. The van der Waals surface area contributed by atoms with Gasteiger partial charge in [-0.15, -0.1) is 0 Å². The molecular weight excluding hydrogens is 247 g/mol. The van der Waals surface area contributed by atoms with E-state index in [4.69, 9.17) is 10.00 Å². The van der Waals surface area contributed by atoms with E-state index in [0.29, 0.717) is 0 Å². The van der Waals surface area contributed by atoms with E-state index in [1.165, 1.54) is 18.2 Å². The molecule has 0 spiro atoms. The van der Waals surface area contributed by atoms with Crippen molar-refractivity contribution in [2.75, 3.05) is 6.61 Å². The summed E-state index contributed by atoms with van der Waals surface area (Å²) in [5.74, 6) is 0.0835. The zero-order chi connectivity index (χ0) is 13.8. The van der Waals surface area contributed by atoms with Gasteiger partial charge in [0.05, 0.1) is 6.10 Å². The fourth-order valence-corrected chi connectivity index (χ4v) is 1.25. The van der Waals surface area contributed by atoms with Crippen molar-refractivity contribution in [3.05, 3.63) is 23.8 Å². The van der Waals surface area contributed by atoms with Crippen molar-refractivity contribution in [2.45, 2.75) is 26.1 Å². The van der Waals surface area contributed by atoms with Gasteiger partial charge >= 0.3 is 6.18 Å². The minimum absolute atomic E-state index is 0.0320. The van der Waals surface area contributed by atoms with Crippen LogP contribution in [-0.4, -0.2) is 18.9 Å². The van der Waals surface area contributed by atoms with E-state index in [2.05, 4.69) is 4.74 Å². The molecule has 0 atom stereocenters. The molecule has 0 aliphatic carbocycles. The van der Waals surface area contributed by atoms with Crippen molar-refractivity contribution in [3.8, 4) is 17.6 Å². The average molecular weight is 259 g/mol. The molecule has 98 valence electrons. The summed E-state index contributed by atoms with van der Waals surface area (Å²) in [6.07, 6.45) is -4.63. The Hall–Kier alpha value is -1.90. The molecule has 0 aromatic heterocycles. The fourth-order valence-electron chi connectivity index (χ4n) is 1.25. The van der Waals surface area contributed by atoms with Crippen molar-refractivity contribution in [2.24, 2.45) is 0 Å². The Morgan fingerprint density at radius 3 is 2.39 bits per heavy atom. The SMILES string of the molecule is CC(C)Oc1cccc(OCC(F)(F)F)c1C#N. The van der Waals surface area contributed by atoms with Crippen LogP contribution >= 0.6 is 0 Å². The maximum absolute atomic E-state index is 12.0. The van der Waals surface area contributed by atoms with Crippen LogP contribution in [0.15, 0.2) is 18.2 Å². The van der Waals surface area contributed by atoms with Gasteiger partial charge in [-0.2, -0.15) is 18.4 Å². The lowest BCUT2D eigenvalue weighted by Crippen LogP contribution is -2.19. The predicted octanol–water partition coefficient (Wildman–Crippen LogP) is 3.29. The number of halogens is 3. The normalized spacial score (nSPS) is 11.2. The van der Waals surface area contributed by atoms with E-state index in [-0.39, 0.29) is 23.2 Å². The van der Waals surface area contributed by atoms with Crippen molar-refractivity contribution >= 4 is 0 Å². The van der Waals surface area contributed by atoms with Crippen molar-refractivity contribution < 1.29 is 22.6 Å². The highest BCUT2D eigenvalue weighted by molar-refractivity contribution is 5.52. The first-order valence-electron chi connectivity index (χ1n) is 5.23. The van der Waals surface area contributed by atoms with E-state index < -0.39 is 12.8 Å². The van der Waals surface area contributed by atoms with E-state index in [1.807, 2.05) is 0 Å². The van der Waals surface area contributed by atoms with Crippen LogP contribution in [0.1, 0.15) is 19.4 Å². The first-order valence-corrected chi connectivity index (χ1v) is 5.23. The second-order valence-electron chi connectivity index (χ2n) is 3.81. The Morgan fingerprint density at radius 2 is 1.89 bits per heavy atom. The van der Waals surface area contributed by atoms with Gasteiger partial charge < -0.3 is 9.47 Å². The number of hydrogen-bond acceptors (Lipinski definition) is 3. The van der Waals surface area contributed by atoms with Gasteiger partial charge in [-0.3, -0.25) is 0 Å². The molecule has 0 amide bonds. The standard InChI is InChI=1S/C12H12F3NO2/c1-8(2)18-11-5-3-4-10(9(11)6-16)17-7-12(13,14)15/h3-5,8H,7H2,1-2H3. The summed E-state index contributed by atoms with van der Waals surface area (Å²) in [4.78, 5) is 0. The topological polar surface area (TPSA) is 42.2 Å². The van der Waals surface area contributed by atoms with Gasteiger partial charge in [0.1, 0.15) is 23.1 Å². The molecule has 0 aliphatic heterocycles. The highest BCUT2D eigenvalue weighted by atomic mass is 19.4. The molecule has 0 N–H and O–H groups in total. The summed E-state index contributed by atoms with van der Waals surface area (Å²) in [6.45, 7) is 2.07. The van der Waals surface area contributed by atoms with Gasteiger partial charge in [0, 0.05) is 0 Å². The number of ether oxygens (including phenoxy) is 2. The zero-order valence-electron chi connectivity index (χ0n) is 9.91. The van der Waals surface area contributed by atoms with Crippen molar-refractivity contribution in [1.29, 1.82) is 5.26 Å². The Balaban J connectivity index is 2.95. The van der Waals surface area contributed by atoms with E-state index in [9.17, 15) is 13.2 Å². The van der Waals surface area contributed by atoms with Crippen LogP contribution in [0, 0.1) is 11.3 Å². The summed E-state index contributed by atoms with van der Waals surface area (Å²) >= 11 is 0. The summed E-state index contributed by atoms with van der Waals surface area (Å²) in [6, 6.07) is 6.08. The molecule has 1 aromatic carbocycles. The minimum Gasteiger partial charge on any atom is -0.489 e. The smallest absolute Gasteiger partial charge is 0.422 e. The Kier molecular flexibility index (Phi) is 4.43. The number of rotatable bonds is 4. The number of benzene rings is 1. The minimum atomic E-state index is -4.44. The lowest BCUT2D eigenvalue weighted by Gasteiger charge is -2.14. The average Bonchev–Trinajstić information content (AvgIpc) is 2.24. The highest BCUT2D eigenvalue weighted by Crippen LogP contribution is 2.29. The Bertz CT molecular complexity index is 450. The first-order chi connectivity index (χ1) is 8.33. The third kappa shape index (κ3) is 4.17. The van der Waals surface area contributed by atoms with Gasteiger partial charge in [-0.05, 0) is 26.0 Å². The summed E-state index contributed by atoms with van der Waals surface area (Å²) in [7, 11) is 0. The van der Waals surface area contributed by atoms with E-state index >= 15 is 0 Å². The second-order valence-corrected chi connectivity index (χ2v) is 3.81. The Labute approximate surface area is 103 Å². The quantitative estimate of drug-likeness (QED) is 0.833. The fraction of sp³-hybridized carbons (Fsp3) is 0.417. The molecule has 0 heterocycles. The second kappa shape index (κ2) is 5.63. The van der Waals surface area contributed by atoms with Gasteiger partial charge in [0.25, 0.3) is 0 Å². The zero-order valence-corrected chi connectivity index (χ0v) is 9.91. The molecule has 3 nitrogen and oxygen atoms in total. The maximum Gasteiger partial charge on any atom is 0.422 e. The molecule has 0 unspecified atom stereocenters.